The van der Waals surface area contributed by atoms with Crippen molar-refractivity contribution in [2.45, 2.75) is 51.1 Å². The van der Waals surface area contributed by atoms with E-state index in [1.165, 1.54) is 6.42 Å². The Labute approximate surface area is 84.9 Å². The first-order valence-corrected chi connectivity index (χ1v) is 5.17. The van der Waals surface area contributed by atoms with Crippen LogP contribution in [0.15, 0.2) is 0 Å². The molecule has 0 aromatic carbocycles. The third-order valence-corrected chi connectivity index (χ3v) is 2.94. The SMILES string of the molecule is CC(C)(C[C@H]1CCC[C@@H]1N)NC(=O)O. The molecule has 0 bridgehead atoms. The maximum atomic E-state index is 10.5. The maximum absolute atomic E-state index is 10.5. The molecule has 0 radical (unpaired) electrons. The molecule has 0 aromatic rings. The van der Waals surface area contributed by atoms with Crippen LogP contribution in [0.5, 0.6) is 0 Å². The molecular formula is C10H20N2O2. The molecule has 1 fully saturated rings. The molecule has 14 heavy (non-hydrogen) atoms. The first-order valence-electron chi connectivity index (χ1n) is 5.17. The van der Waals surface area contributed by atoms with E-state index in [1.54, 1.807) is 0 Å². The molecular weight excluding hydrogens is 180 g/mol. The van der Waals surface area contributed by atoms with Crippen molar-refractivity contribution < 1.29 is 9.90 Å². The Kier molecular flexibility index (Phi) is 3.37. The lowest BCUT2D eigenvalue weighted by molar-refractivity contribution is 0.175. The highest BCUT2D eigenvalue weighted by Crippen LogP contribution is 2.30. The lowest BCUT2D eigenvalue weighted by Crippen LogP contribution is -2.45. The summed E-state index contributed by atoms with van der Waals surface area (Å²) in [5.41, 5.74) is 5.58. The van der Waals surface area contributed by atoms with Gasteiger partial charge in [0.25, 0.3) is 0 Å². The first kappa shape index (κ1) is 11.3. The minimum absolute atomic E-state index is 0.255. The predicted molar refractivity (Wildman–Crippen MR) is 55.2 cm³/mol. The predicted octanol–water partition coefficient (Wildman–Crippen LogP) is 1.55. The van der Waals surface area contributed by atoms with Crippen LogP contribution in [-0.2, 0) is 0 Å². The zero-order valence-corrected chi connectivity index (χ0v) is 8.92. The molecule has 2 atom stereocenters. The van der Waals surface area contributed by atoms with Crippen molar-refractivity contribution in [2.75, 3.05) is 0 Å². The monoisotopic (exact) mass is 200 g/mol. The smallest absolute Gasteiger partial charge is 0.405 e. The van der Waals surface area contributed by atoms with E-state index in [-0.39, 0.29) is 11.6 Å². The average Bonchev–Trinajstić information content (AvgIpc) is 2.32. The van der Waals surface area contributed by atoms with Crippen LogP contribution in [0.1, 0.15) is 39.5 Å². The largest absolute Gasteiger partial charge is 0.465 e. The third kappa shape index (κ3) is 3.18. The van der Waals surface area contributed by atoms with Crippen molar-refractivity contribution in [3.8, 4) is 0 Å². The molecule has 1 rings (SSSR count). The van der Waals surface area contributed by atoms with Crippen molar-refractivity contribution in [1.29, 1.82) is 0 Å². The lowest BCUT2D eigenvalue weighted by Gasteiger charge is -2.29. The second kappa shape index (κ2) is 4.17. The second-order valence-electron chi connectivity index (χ2n) is 4.87. The average molecular weight is 200 g/mol. The van der Waals surface area contributed by atoms with E-state index in [4.69, 9.17) is 10.8 Å². The lowest BCUT2D eigenvalue weighted by atomic mass is 9.88. The number of carbonyl (C=O) groups is 1. The van der Waals surface area contributed by atoms with Crippen molar-refractivity contribution in [3.63, 3.8) is 0 Å². The number of carboxylic acid groups (broad SMARTS) is 1. The molecule has 1 aliphatic carbocycles. The van der Waals surface area contributed by atoms with E-state index in [2.05, 4.69) is 5.32 Å². The van der Waals surface area contributed by atoms with Crippen molar-refractivity contribution in [2.24, 2.45) is 11.7 Å². The minimum atomic E-state index is -0.957. The molecule has 4 nitrogen and oxygen atoms in total. The summed E-state index contributed by atoms with van der Waals surface area (Å²) in [4.78, 5) is 10.5. The Morgan fingerprint density at radius 1 is 1.57 bits per heavy atom. The maximum Gasteiger partial charge on any atom is 0.405 e. The second-order valence-corrected chi connectivity index (χ2v) is 4.87. The van der Waals surface area contributed by atoms with E-state index < -0.39 is 6.09 Å². The Hall–Kier alpha value is -0.770. The summed E-state index contributed by atoms with van der Waals surface area (Å²) in [6.07, 6.45) is 3.26. The van der Waals surface area contributed by atoms with E-state index in [0.29, 0.717) is 5.92 Å². The highest BCUT2D eigenvalue weighted by atomic mass is 16.4. The van der Waals surface area contributed by atoms with Crippen LogP contribution in [0.4, 0.5) is 4.79 Å². The number of amides is 1. The van der Waals surface area contributed by atoms with Gasteiger partial charge in [0, 0.05) is 11.6 Å². The first-order chi connectivity index (χ1) is 6.41. The molecule has 4 N–H and O–H groups in total. The van der Waals surface area contributed by atoms with Gasteiger partial charge < -0.3 is 16.2 Å². The summed E-state index contributed by atoms with van der Waals surface area (Å²) in [7, 11) is 0. The molecule has 1 amide bonds. The molecule has 0 heterocycles. The molecule has 0 unspecified atom stereocenters. The van der Waals surface area contributed by atoms with E-state index in [1.807, 2.05) is 13.8 Å². The molecule has 0 saturated heterocycles. The van der Waals surface area contributed by atoms with Gasteiger partial charge >= 0.3 is 6.09 Å². The van der Waals surface area contributed by atoms with Crippen LogP contribution in [0.25, 0.3) is 0 Å². The zero-order chi connectivity index (χ0) is 10.8. The van der Waals surface area contributed by atoms with Gasteiger partial charge in [-0.15, -0.1) is 0 Å². The molecule has 1 aliphatic rings. The van der Waals surface area contributed by atoms with E-state index in [9.17, 15) is 4.79 Å². The van der Waals surface area contributed by atoms with Crippen molar-refractivity contribution >= 4 is 6.09 Å². The standard InChI is InChI=1S/C10H20N2O2/c1-10(2,12-9(13)14)6-7-4-3-5-8(7)11/h7-8,12H,3-6,11H2,1-2H3,(H,13,14)/t7-,8+/m1/s1. The van der Waals surface area contributed by atoms with Gasteiger partial charge in [-0.25, -0.2) is 4.79 Å². The van der Waals surface area contributed by atoms with Crippen molar-refractivity contribution in [3.05, 3.63) is 0 Å². The normalized spacial score (nSPS) is 27.6. The van der Waals surface area contributed by atoms with Gasteiger partial charge in [0.2, 0.25) is 0 Å². The third-order valence-electron chi connectivity index (χ3n) is 2.94. The van der Waals surface area contributed by atoms with Gasteiger partial charge in [0.1, 0.15) is 0 Å². The highest BCUT2D eigenvalue weighted by Gasteiger charge is 2.31. The number of hydrogen-bond donors (Lipinski definition) is 3. The van der Waals surface area contributed by atoms with E-state index >= 15 is 0 Å². The van der Waals surface area contributed by atoms with Crippen LogP contribution < -0.4 is 11.1 Å². The van der Waals surface area contributed by atoms with Crippen LogP contribution in [-0.4, -0.2) is 22.8 Å². The highest BCUT2D eigenvalue weighted by molar-refractivity contribution is 5.65. The minimum Gasteiger partial charge on any atom is -0.465 e. The molecule has 1 saturated carbocycles. The summed E-state index contributed by atoms with van der Waals surface area (Å²) >= 11 is 0. The Morgan fingerprint density at radius 3 is 2.64 bits per heavy atom. The molecule has 0 spiro atoms. The quantitative estimate of drug-likeness (QED) is 0.647. The van der Waals surface area contributed by atoms with Crippen LogP contribution in [0.3, 0.4) is 0 Å². The summed E-state index contributed by atoms with van der Waals surface area (Å²) in [5, 5.41) is 11.2. The van der Waals surface area contributed by atoms with Gasteiger partial charge in [-0.05, 0) is 39.0 Å². The van der Waals surface area contributed by atoms with Gasteiger partial charge in [0.15, 0.2) is 0 Å². The Bertz CT molecular complexity index is 216. The summed E-state index contributed by atoms with van der Waals surface area (Å²) < 4.78 is 0. The number of nitrogens with one attached hydrogen (secondary N) is 1. The number of hydrogen-bond acceptors (Lipinski definition) is 2. The summed E-state index contributed by atoms with van der Waals surface area (Å²) in [6.45, 7) is 3.82. The number of rotatable bonds is 3. The number of nitrogens with two attached hydrogens (primary N) is 1. The molecule has 82 valence electrons. The Balaban J connectivity index is 2.45. The fourth-order valence-electron chi connectivity index (χ4n) is 2.31. The van der Waals surface area contributed by atoms with Crippen LogP contribution in [0.2, 0.25) is 0 Å². The fourth-order valence-corrected chi connectivity index (χ4v) is 2.31. The van der Waals surface area contributed by atoms with Gasteiger partial charge in [-0.3, -0.25) is 0 Å². The topological polar surface area (TPSA) is 75.3 Å². The molecule has 0 aromatic heterocycles. The fraction of sp³-hybridized carbons (Fsp3) is 0.900. The van der Waals surface area contributed by atoms with Crippen molar-refractivity contribution in [1.82, 2.24) is 5.32 Å². The summed E-state index contributed by atoms with van der Waals surface area (Å²) in [6, 6.07) is 0.255. The van der Waals surface area contributed by atoms with Crippen LogP contribution in [0, 0.1) is 5.92 Å². The molecule has 4 heteroatoms. The van der Waals surface area contributed by atoms with Gasteiger partial charge in [-0.1, -0.05) is 6.42 Å². The summed E-state index contributed by atoms with van der Waals surface area (Å²) in [5.74, 6) is 0.469. The van der Waals surface area contributed by atoms with Crippen LogP contribution >= 0.6 is 0 Å². The molecule has 0 aliphatic heterocycles. The van der Waals surface area contributed by atoms with Gasteiger partial charge in [0.05, 0.1) is 0 Å². The van der Waals surface area contributed by atoms with E-state index in [0.717, 1.165) is 19.3 Å². The Morgan fingerprint density at radius 2 is 2.21 bits per heavy atom. The van der Waals surface area contributed by atoms with Gasteiger partial charge in [-0.2, -0.15) is 0 Å². The zero-order valence-electron chi connectivity index (χ0n) is 8.92.